The van der Waals surface area contributed by atoms with E-state index in [9.17, 15) is 5.11 Å². The van der Waals surface area contributed by atoms with Gasteiger partial charge < -0.3 is 10.2 Å². The Kier molecular flexibility index (Phi) is 4.72. The van der Waals surface area contributed by atoms with Gasteiger partial charge in [0.25, 0.3) is 0 Å². The van der Waals surface area contributed by atoms with Crippen LogP contribution in [0.15, 0.2) is 24.3 Å². The summed E-state index contributed by atoms with van der Waals surface area (Å²) in [5.41, 5.74) is 2.46. The third-order valence-corrected chi connectivity index (χ3v) is 3.26. The first-order valence-corrected chi connectivity index (χ1v) is 6.30. The van der Waals surface area contributed by atoms with Crippen molar-refractivity contribution in [2.24, 2.45) is 0 Å². The van der Waals surface area contributed by atoms with E-state index in [1.807, 2.05) is 19.1 Å². The molecule has 0 spiro atoms. The van der Waals surface area contributed by atoms with E-state index < -0.39 is 6.10 Å². The number of aliphatic hydroxyl groups is 2. The van der Waals surface area contributed by atoms with Crippen LogP contribution >= 0.6 is 0 Å². The highest BCUT2D eigenvalue weighted by Gasteiger charge is 2.25. The zero-order valence-corrected chi connectivity index (χ0v) is 11.3. The lowest BCUT2D eigenvalue weighted by molar-refractivity contribution is 0.0708. The first-order chi connectivity index (χ1) is 7.91. The lowest BCUT2D eigenvalue weighted by Crippen LogP contribution is -2.25. The largest absolute Gasteiger partial charge is 0.394 e. The van der Waals surface area contributed by atoms with E-state index in [0.717, 1.165) is 12.0 Å². The first kappa shape index (κ1) is 14.2. The van der Waals surface area contributed by atoms with Crippen molar-refractivity contribution >= 4 is 0 Å². The second-order valence-corrected chi connectivity index (χ2v) is 5.60. The molecule has 1 aromatic rings. The van der Waals surface area contributed by atoms with Crippen LogP contribution in [-0.2, 0) is 5.41 Å². The lowest BCUT2D eigenvalue weighted by atomic mass is 9.78. The van der Waals surface area contributed by atoms with Crippen LogP contribution in [-0.4, -0.2) is 22.9 Å². The molecule has 2 heteroatoms. The maximum Gasteiger partial charge on any atom is 0.0839 e. The van der Waals surface area contributed by atoms with Crippen LogP contribution < -0.4 is 0 Å². The average Bonchev–Trinajstić information content (AvgIpc) is 2.29. The van der Waals surface area contributed by atoms with Gasteiger partial charge >= 0.3 is 0 Å². The van der Waals surface area contributed by atoms with Gasteiger partial charge in [0, 0.05) is 5.92 Å². The van der Waals surface area contributed by atoms with Crippen molar-refractivity contribution in [3.05, 3.63) is 35.4 Å². The number of hydrogen-bond donors (Lipinski definition) is 2. The Bertz CT molecular complexity index is 352. The molecule has 0 saturated carbocycles. The molecular formula is C15H24O2. The fourth-order valence-corrected chi connectivity index (χ4v) is 2.33. The van der Waals surface area contributed by atoms with Crippen molar-refractivity contribution in [3.63, 3.8) is 0 Å². The highest BCUT2D eigenvalue weighted by atomic mass is 16.3. The van der Waals surface area contributed by atoms with E-state index in [2.05, 4.69) is 32.9 Å². The smallest absolute Gasteiger partial charge is 0.0839 e. The van der Waals surface area contributed by atoms with Crippen molar-refractivity contribution in [2.75, 3.05) is 6.61 Å². The van der Waals surface area contributed by atoms with Crippen molar-refractivity contribution < 1.29 is 10.2 Å². The van der Waals surface area contributed by atoms with Gasteiger partial charge in [-0.2, -0.15) is 0 Å². The molecule has 0 heterocycles. The van der Waals surface area contributed by atoms with E-state index in [-0.39, 0.29) is 17.9 Å². The Morgan fingerprint density at radius 1 is 1.18 bits per heavy atom. The fourth-order valence-electron chi connectivity index (χ4n) is 2.33. The molecule has 1 aromatic carbocycles. The third-order valence-electron chi connectivity index (χ3n) is 3.26. The summed E-state index contributed by atoms with van der Waals surface area (Å²) in [4.78, 5) is 0. The predicted octanol–water partition coefficient (Wildman–Crippen LogP) is 2.83. The van der Waals surface area contributed by atoms with E-state index in [4.69, 9.17) is 5.11 Å². The molecule has 0 saturated heterocycles. The number of hydrogen-bond acceptors (Lipinski definition) is 2. The molecule has 17 heavy (non-hydrogen) atoms. The third kappa shape index (κ3) is 3.30. The molecule has 0 aliphatic rings. The van der Waals surface area contributed by atoms with Crippen LogP contribution in [0.3, 0.4) is 0 Å². The van der Waals surface area contributed by atoms with Crippen LogP contribution in [0.25, 0.3) is 0 Å². The molecule has 0 aromatic heterocycles. The first-order valence-electron chi connectivity index (χ1n) is 6.30. The second-order valence-electron chi connectivity index (χ2n) is 5.60. The summed E-state index contributed by atoms with van der Waals surface area (Å²) in [6.07, 6.45) is 0.151. The molecule has 1 rings (SSSR count). The van der Waals surface area contributed by atoms with Crippen LogP contribution in [0.5, 0.6) is 0 Å². The Morgan fingerprint density at radius 3 is 2.24 bits per heavy atom. The summed E-state index contributed by atoms with van der Waals surface area (Å²) in [6, 6.07) is 8.20. The van der Waals surface area contributed by atoms with Gasteiger partial charge in [-0.05, 0) is 23.0 Å². The molecule has 2 unspecified atom stereocenters. The fraction of sp³-hybridized carbons (Fsp3) is 0.600. The normalized spacial score (nSPS) is 15.6. The highest BCUT2D eigenvalue weighted by molar-refractivity contribution is 5.36. The molecular weight excluding hydrogens is 212 g/mol. The summed E-state index contributed by atoms with van der Waals surface area (Å²) in [6.45, 7) is 8.37. The minimum Gasteiger partial charge on any atom is -0.394 e. The second kappa shape index (κ2) is 5.65. The molecule has 2 N–H and O–H groups in total. The zero-order chi connectivity index (χ0) is 13.1. The minimum atomic E-state index is -0.677. The minimum absolute atomic E-state index is 0.00965. The molecule has 0 amide bonds. The Labute approximate surface area is 104 Å². The van der Waals surface area contributed by atoms with Gasteiger partial charge in [0.2, 0.25) is 0 Å². The van der Waals surface area contributed by atoms with E-state index in [1.165, 1.54) is 5.56 Å². The van der Waals surface area contributed by atoms with E-state index in [1.54, 1.807) is 0 Å². The van der Waals surface area contributed by atoms with Gasteiger partial charge in [0.05, 0.1) is 12.7 Å². The van der Waals surface area contributed by atoms with Crippen molar-refractivity contribution in [3.8, 4) is 0 Å². The van der Waals surface area contributed by atoms with Crippen LogP contribution in [0.4, 0.5) is 0 Å². The predicted molar refractivity (Wildman–Crippen MR) is 71.3 cm³/mol. The van der Waals surface area contributed by atoms with Crippen LogP contribution in [0.2, 0.25) is 0 Å². The summed E-state index contributed by atoms with van der Waals surface area (Å²) in [5, 5.41) is 19.1. The maximum atomic E-state index is 9.91. The summed E-state index contributed by atoms with van der Waals surface area (Å²) in [5.74, 6) is 0.00965. The molecule has 0 fully saturated rings. The van der Waals surface area contributed by atoms with E-state index >= 15 is 0 Å². The molecule has 0 aliphatic carbocycles. The quantitative estimate of drug-likeness (QED) is 0.844. The molecule has 2 atom stereocenters. The number of benzene rings is 1. The van der Waals surface area contributed by atoms with Gasteiger partial charge in [-0.15, -0.1) is 0 Å². The molecule has 0 aliphatic heterocycles. The van der Waals surface area contributed by atoms with Gasteiger partial charge in [0.15, 0.2) is 0 Å². The Morgan fingerprint density at radius 2 is 1.76 bits per heavy atom. The van der Waals surface area contributed by atoms with Crippen molar-refractivity contribution in [1.82, 2.24) is 0 Å². The van der Waals surface area contributed by atoms with Crippen LogP contribution in [0.1, 0.15) is 51.2 Å². The number of aliphatic hydroxyl groups excluding tert-OH is 2. The zero-order valence-electron chi connectivity index (χ0n) is 11.3. The SMILES string of the molecule is CCC(c1ccccc1C(C)(C)C)C(O)CO. The molecule has 0 radical (unpaired) electrons. The molecule has 2 nitrogen and oxygen atoms in total. The highest BCUT2D eigenvalue weighted by Crippen LogP contribution is 2.33. The van der Waals surface area contributed by atoms with Crippen LogP contribution in [0, 0.1) is 0 Å². The molecule has 0 bridgehead atoms. The maximum absolute atomic E-state index is 9.91. The van der Waals surface area contributed by atoms with Gasteiger partial charge in [0.1, 0.15) is 0 Å². The summed E-state index contributed by atoms with van der Waals surface area (Å²) >= 11 is 0. The number of rotatable bonds is 4. The van der Waals surface area contributed by atoms with Gasteiger partial charge in [-0.1, -0.05) is 52.0 Å². The van der Waals surface area contributed by atoms with Crippen molar-refractivity contribution in [2.45, 2.75) is 51.6 Å². The topological polar surface area (TPSA) is 40.5 Å². The van der Waals surface area contributed by atoms with E-state index in [0.29, 0.717) is 0 Å². The Hall–Kier alpha value is -0.860. The summed E-state index contributed by atoms with van der Waals surface area (Å²) in [7, 11) is 0. The van der Waals surface area contributed by atoms with Gasteiger partial charge in [-0.3, -0.25) is 0 Å². The monoisotopic (exact) mass is 236 g/mol. The lowest BCUT2D eigenvalue weighted by Gasteiger charge is -2.29. The average molecular weight is 236 g/mol. The van der Waals surface area contributed by atoms with Crippen molar-refractivity contribution in [1.29, 1.82) is 0 Å². The van der Waals surface area contributed by atoms with Gasteiger partial charge in [-0.25, -0.2) is 0 Å². The standard InChI is InChI=1S/C15H24O2/c1-5-11(14(17)10-16)12-8-6-7-9-13(12)15(2,3)4/h6-9,11,14,16-17H,5,10H2,1-4H3. The Balaban J connectivity index is 3.20. The summed E-state index contributed by atoms with van der Waals surface area (Å²) < 4.78 is 0. The molecule has 96 valence electrons.